The molecule has 0 bridgehead atoms. The average molecular weight is 626 g/mol. The lowest BCUT2D eigenvalue weighted by Gasteiger charge is -2.35. The molecule has 2 saturated heterocycles. The number of aliphatic hydroxyl groups is 3. The maximum Gasteiger partial charge on any atom is 0.330 e. The van der Waals surface area contributed by atoms with Crippen molar-refractivity contribution in [2.45, 2.75) is 101 Å². The van der Waals surface area contributed by atoms with E-state index in [4.69, 9.17) is 18.9 Å². The SMILES string of the molecule is CCCNC(=O)[C@H](O[C@H]1OC(C(=O)N[C@H]2CCC[C@@H](C)NC2=O)=C[C@H](O)[C@@H]1O)[C@H]1O[C@@H](n2ccc(=O)[nH]c2=O)[C@H](O)[C@@H]1OC. The first kappa shape index (κ1) is 33.3. The first-order chi connectivity index (χ1) is 20.9. The molecule has 7 N–H and O–H groups in total. The summed E-state index contributed by atoms with van der Waals surface area (Å²) in [6.07, 6.45) is -8.18. The Bertz CT molecular complexity index is 1350. The Morgan fingerprint density at radius 3 is 2.61 bits per heavy atom. The molecule has 4 heterocycles. The molecular formula is C27H39N5O12. The van der Waals surface area contributed by atoms with E-state index in [0.717, 1.165) is 29.3 Å². The number of aliphatic hydroxyl groups excluding tert-OH is 3. The van der Waals surface area contributed by atoms with E-state index >= 15 is 0 Å². The van der Waals surface area contributed by atoms with Crippen molar-refractivity contribution in [3.63, 3.8) is 0 Å². The van der Waals surface area contributed by atoms with Crippen molar-refractivity contribution in [2.75, 3.05) is 13.7 Å². The van der Waals surface area contributed by atoms with E-state index in [-0.39, 0.29) is 18.5 Å². The van der Waals surface area contributed by atoms with Gasteiger partial charge in [0.15, 0.2) is 18.1 Å². The van der Waals surface area contributed by atoms with Crippen molar-refractivity contribution in [3.8, 4) is 0 Å². The number of H-pyrrole nitrogens is 1. The largest absolute Gasteiger partial charge is 0.456 e. The van der Waals surface area contributed by atoms with Crippen molar-refractivity contribution in [3.05, 3.63) is 44.9 Å². The highest BCUT2D eigenvalue weighted by molar-refractivity contribution is 5.95. The van der Waals surface area contributed by atoms with Gasteiger partial charge in [-0.1, -0.05) is 6.92 Å². The number of hydrogen-bond donors (Lipinski definition) is 7. The second-order valence-corrected chi connectivity index (χ2v) is 10.9. The molecule has 244 valence electrons. The number of methoxy groups -OCH3 is 1. The third-order valence-electron chi connectivity index (χ3n) is 7.59. The number of aromatic nitrogens is 2. The van der Waals surface area contributed by atoms with E-state index < -0.39 is 84.0 Å². The summed E-state index contributed by atoms with van der Waals surface area (Å²) in [5.41, 5.74) is -1.57. The maximum absolute atomic E-state index is 13.3. The van der Waals surface area contributed by atoms with E-state index in [0.29, 0.717) is 19.3 Å². The van der Waals surface area contributed by atoms with Crippen LogP contribution in [0.4, 0.5) is 0 Å². The lowest BCUT2D eigenvalue weighted by molar-refractivity contribution is -0.242. The molecule has 1 aromatic rings. The number of ether oxygens (including phenoxy) is 4. The molecule has 17 heteroatoms. The molecule has 17 nitrogen and oxygen atoms in total. The fourth-order valence-corrected chi connectivity index (χ4v) is 5.26. The van der Waals surface area contributed by atoms with Gasteiger partial charge < -0.3 is 50.2 Å². The molecule has 0 unspecified atom stereocenters. The summed E-state index contributed by atoms with van der Waals surface area (Å²) in [6.45, 7) is 3.86. The van der Waals surface area contributed by atoms with Crippen LogP contribution in [0, 0.1) is 0 Å². The van der Waals surface area contributed by atoms with Gasteiger partial charge in [-0.2, -0.15) is 0 Å². The molecule has 4 rings (SSSR count). The van der Waals surface area contributed by atoms with E-state index in [9.17, 15) is 39.3 Å². The first-order valence-electron chi connectivity index (χ1n) is 14.4. The minimum atomic E-state index is -1.80. The number of nitrogens with one attached hydrogen (secondary N) is 4. The fraction of sp³-hybridized carbons (Fsp3) is 0.667. The van der Waals surface area contributed by atoms with E-state index in [2.05, 4.69) is 20.9 Å². The van der Waals surface area contributed by atoms with Gasteiger partial charge in [0.05, 0.1) is 0 Å². The van der Waals surface area contributed by atoms with Crippen LogP contribution < -0.4 is 27.2 Å². The fourth-order valence-electron chi connectivity index (χ4n) is 5.26. The maximum atomic E-state index is 13.3. The van der Waals surface area contributed by atoms with Crippen LogP contribution in [0.3, 0.4) is 0 Å². The summed E-state index contributed by atoms with van der Waals surface area (Å²) in [5.74, 6) is -2.46. The summed E-state index contributed by atoms with van der Waals surface area (Å²) >= 11 is 0. The molecule has 0 aliphatic carbocycles. The minimum Gasteiger partial charge on any atom is -0.456 e. The van der Waals surface area contributed by atoms with Crippen LogP contribution in [0.2, 0.25) is 0 Å². The van der Waals surface area contributed by atoms with Crippen LogP contribution in [0.1, 0.15) is 45.8 Å². The normalized spacial score (nSPS) is 32.9. The Morgan fingerprint density at radius 2 is 1.93 bits per heavy atom. The Labute approximate surface area is 251 Å². The smallest absolute Gasteiger partial charge is 0.330 e. The van der Waals surface area contributed by atoms with Gasteiger partial charge in [-0.25, -0.2) is 4.79 Å². The zero-order valence-electron chi connectivity index (χ0n) is 24.5. The summed E-state index contributed by atoms with van der Waals surface area (Å²) in [4.78, 5) is 64.9. The molecule has 44 heavy (non-hydrogen) atoms. The van der Waals surface area contributed by atoms with Crippen LogP contribution in [-0.4, -0.2) is 111 Å². The van der Waals surface area contributed by atoms with Crippen molar-refractivity contribution in [2.24, 2.45) is 0 Å². The Morgan fingerprint density at radius 1 is 1.18 bits per heavy atom. The van der Waals surface area contributed by atoms with Crippen LogP contribution in [-0.2, 0) is 33.3 Å². The lowest BCUT2D eigenvalue weighted by Crippen LogP contribution is -2.55. The minimum absolute atomic E-state index is 0.0604. The quantitative estimate of drug-likeness (QED) is 0.137. The van der Waals surface area contributed by atoms with Gasteiger partial charge >= 0.3 is 5.69 Å². The second kappa shape index (κ2) is 14.4. The summed E-state index contributed by atoms with van der Waals surface area (Å²) < 4.78 is 23.7. The van der Waals surface area contributed by atoms with E-state index in [1.165, 1.54) is 7.11 Å². The number of rotatable bonds is 10. The van der Waals surface area contributed by atoms with Gasteiger partial charge in [0.1, 0.15) is 36.6 Å². The third kappa shape index (κ3) is 7.36. The standard InChI is InChI=1S/C27H39N5O12/c1-4-9-28-24(39)21(20-19(41-3)18(36)25(43-20)32-10-8-16(34)31-27(32)40)44-26-17(35)14(33)11-15(42-26)23(38)30-13-7-5-6-12(2)29-22(13)37/h8,10-14,17-21,25-26,33,35-36H,4-7,9H2,1-3H3,(H,28,39)(H,29,37)(H,30,38)(H,31,34,40)/t12-,13+,14+,17+,18-,19+,20+,21-,25-,26-/m1/s1. The molecule has 3 aliphatic heterocycles. The average Bonchev–Trinajstić information content (AvgIpc) is 3.21. The molecular weight excluding hydrogens is 586 g/mol. The van der Waals surface area contributed by atoms with Crippen molar-refractivity contribution >= 4 is 17.7 Å². The number of aromatic amines is 1. The van der Waals surface area contributed by atoms with Gasteiger partial charge in [-0.3, -0.25) is 28.7 Å². The van der Waals surface area contributed by atoms with Gasteiger partial charge in [0.2, 0.25) is 12.2 Å². The zero-order valence-corrected chi connectivity index (χ0v) is 24.5. The number of amides is 3. The van der Waals surface area contributed by atoms with Crippen LogP contribution in [0.15, 0.2) is 33.7 Å². The summed E-state index contributed by atoms with van der Waals surface area (Å²) in [5, 5.41) is 40.2. The van der Waals surface area contributed by atoms with Gasteiger partial charge in [0.25, 0.3) is 17.4 Å². The molecule has 0 radical (unpaired) electrons. The van der Waals surface area contributed by atoms with Crippen molar-refractivity contribution in [1.82, 2.24) is 25.5 Å². The molecule has 0 saturated carbocycles. The van der Waals surface area contributed by atoms with Gasteiger partial charge in [0, 0.05) is 32.0 Å². The third-order valence-corrected chi connectivity index (χ3v) is 7.59. The Kier molecular flexibility index (Phi) is 10.9. The number of hydrogen-bond acceptors (Lipinski definition) is 12. The topological polar surface area (TPSA) is 240 Å². The molecule has 2 fully saturated rings. The molecule has 0 aromatic carbocycles. The zero-order chi connectivity index (χ0) is 32.1. The highest BCUT2D eigenvalue weighted by Crippen LogP contribution is 2.34. The summed E-state index contributed by atoms with van der Waals surface area (Å²) in [6, 6.07) is 0.118. The predicted molar refractivity (Wildman–Crippen MR) is 149 cm³/mol. The van der Waals surface area contributed by atoms with E-state index in [1.807, 2.05) is 6.92 Å². The Balaban J connectivity index is 1.57. The number of carbonyl (C=O) groups is 3. The van der Waals surface area contributed by atoms with Crippen LogP contribution in [0.5, 0.6) is 0 Å². The highest BCUT2D eigenvalue weighted by atomic mass is 16.7. The van der Waals surface area contributed by atoms with E-state index in [1.54, 1.807) is 6.92 Å². The van der Waals surface area contributed by atoms with Gasteiger partial charge in [-0.15, -0.1) is 0 Å². The second-order valence-electron chi connectivity index (χ2n) is 10.9. The van der Waals surface area contributed by atoms with Crippen molar-refractivity contribution < 1.29 is 48.7 Å². The van der Waals surface area contributed by atoms with Crippen LogP contribution >= 0.6 is 0 Å². The highest BCUT2D eigenvalue weighted by Gasteiger charge is 2.53. The number of carbonyl (C=O) groups excluding carboxylic acids is 3. The van der Waals surface area contributed by atoms with Gasteiger partial charge in [-0.05, 0) is 38.7 Å². The number of nitrogens with zero attached hydrogens (tertiary/aromatic N) is 1. The Hall–Kier alpha value is -3.61. The van der Waals surface area contributed by atoms with Crippen molar-refractivity contribution in [1.29, 1.82) is 0 Å². The lowest BCUT2D eigenvalue weighted by atomic mass is 10.0. The first-order valence-corrected chi connectivity index (χ1v) is 14.4. The molecule has 10 atom stereocenters. The molecule has 3 aliphatic rings. The van der Waals surface area contributed by atoms with Crippen LogP contribution in [0.25, 0.3) is 0 Å². The monoisotopic (exact) mass is 625 g/mol. The molecule has 3 amide bonds. The predicted octanol–water partition coefficient (Wildman–Crippen LogP) is -3.14. The summed E-state index contributed by atoms with van der Waals surface area (Å²) in [7, 11) is 1.23. The molecule has 1 aromatic heterocycles. The molecule has 0 spiro atoms.